The van der Waals surface area contributed by atoms with E-state index in [1.807, 2.05) is 54.0 Å². The molecule has 3 aromatic rings. The molecule has 3 aliphatic rings. The summed E-state index contributed by atoms with van der Waals surface area (Å²) in [4.78, 5) is 16.8. The molecule has 1 saturated carbocycles. The fourth-order valence-corrected chi connectivity index (χ4v) is 6.49. The van der Waals surface area contributed by atoms with E-state index >= 15 is 0 Å². The minimum atomic E-state index is 0.341. The number of hydrogen-bond donors (Lipinski definition) is 2. The number of aromatic amines is 1. The van der Waals surface area contributed by atoms with Crippen molar-refractivity contribution in [1.29, 1.82) is 0 Å². The Kier molecular flexibility index (Phi) is 5.18. The van der Waals surface area contributed by atoms with Crippen molar-refractivity contribution in [2.75, 3.05) is 43.6 Å². The molecule has 0 atom stereocenters. The highest BCUT2D eigenvalue weighted by molar-refractivity contribution is 8.01. The van der Waals surface area contributed by atoms with Crippen LogP contribution in [0.25, 0.3) is 5.69 Å². The number of H-pyrrole nitrogens is 1. The Hall–Kier alpha value is -2.78. The molecular weight excluding hydrogens is 436 g/mol. The number of morpholine rings is 1. The Morgan fingerprint density at radius 2 is 2.09 bits per heavy atom. The van der Waals surface area contributed by atoms with E-state index in [4.69, 9.17) is 19.4 Å². The van der Waals surface area contributed by atoms with Gasteiger partial charge in [-0.1, -0.05) is 6.42 Å². The number of nitrogens with zero attached hydrogens (tertiary/aromatic N) is 4. The van der Waals surface area contributed by atoms with Crippen LogP contribution in [0.1, 0.15) is 30.7 Å². The summed E-state index contributed by atoms with van der Waals surface area (Å²) in [7, 11) is 1.69. The van der Waals surface area contributed by atoms with E-state index in [0.29, 0.717) is 10.7 Å². The predicted octanol–water partition coefficient (Wildman–Crippen LogP) is 3.55. The molecule has 4 heterocycles. The van der Waals surface area contributed by atoms with Crippen molar-refractivity contribution in [2.24, 2.45) is 0 Å². The highest BCUT2D eigenvalue weighted by Gasteiger charge is 2.46. The average Bonchev–Trinajstić information content (AvgIpc) is 3.43. The van der Waals surface area contributed by atoms with E-state index in [1.165, 1.54) is 29.9 Å². The van der Waals surface area contributed by atoms with Gasteiger partial charge in [-0.15, -0.1) is 11.8 Å². The minimum Gasteiger partial charge on any atom is -0.492 e. The first-order valence-corrected chi connectivity index (χ1v) is 12.4. The van der Waals surface area contributed by atoms with E-state index in [9.17, 15) is 0 Å². The van der Waals surface area contributed by atoms with E-state index in [2.05, 4.69) is 15.2 Å². The molecular formula is C24H29N6O2S+. The molecule has 0 unspecified atom stereocenters. The molecule has 0 radical (unpaired) electrons. The van der Waals surface area contributed by atoms with Crippen LogP contribution in [0.4, 0.5) is 17.5 Å². The fraction of sp³-hybridized carbons (Fsp3) is 0.458. The number of aryl methyl sites for hydroxylation is 1. The number of rotatable bonds is 5. The SMILES string of the molecule is COc1cc(Nc2nc3c(c(N4CCOCC4)n2)SC2(CCC2)C3)ccc1-[n+]1c[nH]c(C)c1. The maximum atomic E-state index is 5.69. The van der Waals surface area contributed by atoms with Gasteiger partial charge in [0.2, 0.25) is 12.3 Å². The lowest BCUT2D eigenvalue weighted by molar-refractivity contribution is -0.594. The maximum Gasteiger partial charge on any atom is 0.247 e. The Balaban J connectivity index is 1.33. The number of ether oxygens (including phenoxy) is 2. The van der Waals surface area contributed by atoms with Gasteiger partial charge < -0.3 is 19.7 Å². The van der Waals surface area contributed by atoms with Crippen LogP contribution >= 0.6 is 11.8 Å². The molecule has 2 aliphatic heterocycles. The molecule has 0 amide bonds. The zero-order chi connectivity index (χ0) is 22.4. The number of benzene rings is 1. The minimum absolute atomic E-state index is 0.341. The summed E-state index contributed by atoms with van der Waals surface area (Å²) in [5.41, 5.74) is 4.14. The number of fused-ring (bicyclic) bond motifs is 1. The summed E-state index contributed by atoms with van der Waals surface area (Å²) in [5, 5.41) is 3.45. The monoisotopic (exact) mass is 465 g/mol. The van der Waals surface area contributed by atoms with E-state index in [1.54, 1.807) is 7.11 Å². The first-order chi connectivity index (χ1) is 16.1. The number of methoxy groups -OCH3 is 1. The van der Waals surface area contributed by atoms with Gasteiger partial charge >= 0.3 is 0 Å². The van der Waals surface area contributed by atoms with Crippen molar-refractivity contribution >= 4 is 29.2 Å². The molecule has 1 spiro atoms. The fourth-order valence-electron chi connectivity index (χ4n) is 4.85. The Bertz CT molecular complexity index is 1190. The summed E-state index contributed by atoms with van der Waals surface area (Å²) >= 11 is 2.01. The second-order valence-corrected chi connectivity index (χ2v) is 10.5. The van der Waals surface area contributed by atoms with E-state index in [0.717, 1.165) is 61.4 Å². The highest BCUT2D eigenvalue weighted by Crippen LogP contribution is 2.57. The highest BCUT2D eigenvalue weighted by atomic mass is 32.2. The van der Waals surface area contributed by atoms with Gasteiger partial charge in [-0.3, -0.25) is 0 Å². The molecule has 0 bridgehead atoms. The van der Waals surface area contributed by atoms with Crippen LogP contribution < -0.4 is 19.5 Å². The lowest BCUT2D eigenvalue weighted by atomic mass is 9.81. The summed E-state index contributed by atoms with van der Waals surface area (Å²) in [6.07, 6.45) is 8.86. The van der Waals surface area contributed by atoms with Gasteiger partial charge in [0.25, 0.3) is 0 Å². The number of hydrogen-bond acceptors (Lipinski definition) is 7. The number of imidazole rings is 1. The maximum absolute atomic E-state index is 5.69. The standard InChI is InChI=1S/C24H28N6O2S/c1-16-14-30(15-25-16)19-5-4-17(12-20(19)31-2)26-23-27-18-13-24(6-3-7-24)33-21(18)22(28-23)29-8-10-32-11-9-29/h4-5,12,14-15H,3,6-11,13H2,1-2H3,(H,26,27,28)/p+1. The number of aromatic nitrogens is 4. The molecule has 2 fully saturated rings. The first-order valence-electron chi connectivity index (χ1n) is 11.6. The molecule has 9 heteroatoms. The molecule has 1 aliphatic carbocycles. The smallest absolute Gasteiger partial charge is 0.247 e. The Labute approximate surface area is 197 Å². The predicted molar refractivity (Wildman–Crippen MR) is 128 cm³/mol. The summed E-state index contributed by atoms with van der Waals surface area (Å²) in [5.74, 6) is 2.48. The number of anilines is 3. The second kappa shape index (κ2) is 8.22. The molecule has 172 valence electrons. The van der Waals surface area contributed by atoms with Crippen molar-refractivity contribution in [3.8, 4) is 11.4 Å². The van der Waals surface area contributed by atoms with Gasteiger partial charge in [0, 0.05) is 42.9 Å². The van der Waals surface area contributed by atoms with Crippen LogP contribution in [0.5, 0.6) is 5.75 Å². The molecule has 1 aromatic carbocycles. The summed E-state index contributed by atoms with van der Waals surface area (Å²) in [6.45, 7) is 5.25. The molecule has 6 rings (SSSR count). The van der Waals surface area contributed by atoms with Crippen LogP contribution in [0.2, 0.25) is 0 Å². The molecule has 8 nitrogen and oxygen atoms in total. The largest absolute Gasteiger partial charge is 0.492 e. The van der Waals surface area contributed by atoms with Gasteiger partial charge in [-0.25, -0.2) is 9.97 Å². The van der Waals surface area contributed by atoms with Gasteiger partial charge in [0.05, 0.1) is 30.9 Å². The van der Waals surface area contributed by atoms with Crippen LogP contribution in [-0.2, 0) is 11.2 Å². The van der Waals surface area contributed by atoms with E-state index in [-0.39, 0.29) is 0 Å². The lowest BCUT2D eigenvalue weighted by Gasteiger charge is -2.37. The summed E-state index contributed by atoms with van der Waals surface area (Å²) < 4.78 is 13.6. The third-order valence-electron chi connectivity index (χ3n) is 6.78. The molecule has 1 saturated heterocycles. The quantitative estimate of drug-likeness (QED) is 0.558. The zero-order valence-corrected chi connectivity index (χ0v) is 19.9. The zero-order valence-electron chi connectivity index (χ0n) is 19.1. The van der Waals surface area contributed by atoms with Crippen LogP contribution in [0.3, 0.4) is 0 Å². The summed E-state index contributed by atoms with van der Waals surface area (Å²) in [6, 6.07) is 6.09. The third-order valence-corrected chi connectivity index (χ3v) is 8.39. The van der Waals surface area contributed by atoms with Crippen LogP contribution in [0, 0.1) is 6.92 Å². The van der Waals surface area contributed by atoms with Gasteiger partial charge in [0.1, 0.15) is 17.7 Å². The molecule has 2 N–H and O–H groups in total. The van der Waals surface area contributed by atoms with Gasteiger partial charge in [-0.05, 0) is 25.0 Å². The lowest BCUT2D eigenvalue weighted by Crippen LogP contribution is -2.37. The third kappa shape index (κ3) is 3.83. The first kappa shape index (κ1) is 20.8. The number of nitrogens with one attached hydrogen (secondary N) is 2. The van der Waals surface area contributed by atoms with Crippen molar-refractivity contribution in [3.05, 3.63) is 42.1 Å². The van der Waals surface area contributed by atoms with Crippen molar-refractivity contribution in [3.63, 3.8) is 0 Å². The van der Waals surface area contributed by atoms with Crippen LogP contribution in [-0.4, -0.2) is 53.1 Å². The Morgan fingerprint density at radius 3 is 2.79 bits per heavy atom. The topological polar surface area (TPSA) is 79.2 Å². The normalized spacial score (nSPS) is 18.8. The van der Waals surface area contributed by atoms with Crippen LogP contribution in [0.15, 0.2) is 35.6 Å². The molecule has 33 heavy (non-hydrogen) atoms. The van der Waals surface area contributed by atoms with Crippen molar-refractivity contribution < 1.29 is 14.0 Å². The van der Waals surface area contributed by atoms with E-state index < -0.39 is 0 Å². The number of thioether (sulfide) groups is 1. The second-order valence-electron chi connectivity index (χ2n) is 9.07. The van der Waals surface area contributed by atoms with Gasteiger partial charge in [0.15, 0.2) is 11.4 Å². The molecule has 2 aromatic heterocycles. The van der Waals surface area contributed by atoms with Crippen molar-refractivity contribution in [1.82, 2.24) is 15.0 Å². The average molecular weight is 466 g/mol. The van der Waals surface area contributed by atoms with Crippen molar-refractivity contribution in [2.45, 2.75) is 42.2 Å². The van der Waals surface area contributed by atoms with Gasteiger partial charge in [-0.2, -0.15) is 9.55 Å². The Morgan fingerprint density at radius 1 is 1.24 bits per heavy atom.